The predicted octanol–water partition coefficient (Wildman–Crippen LogP) is 5.28. The molecule has 0 aliphatic rings. The Balaban J connectivity index is 1.66. The molecule has 0 bridgehead atoms. The molecule has 3 rings (SSSR count). The summed E-state index contributed by atoms with van der Waals surface area (Å²) in [7, 11) is 1.38. The fourth-order valence-corrected chi connectivity index (χ4v) is 3.73. The molecule has 30 heavy (non-hydrogen) atoms. The fraction of sp³-hybridized carbons (Fsp3) is 0.143. The van der Waals surface area contributed by atoms with Crippen molar-refractivity contribution in [3.05, 3.63) is 76.9 Å². The van der Waals surface area contributed by atoms with E-state index in [1.165, 1.54) is 42.6 Å². The van der Waals surface area contributed by atoms with Crippen molar-refractivity contribution in [2.75, 3.05) is 18.9 Å². The van der Waals surface area contributed by atoms with Crippen molar-refractivity contribution in [3.8, 4) is 10.4 Å². The fourth-order valence-electron chi connectivity index (χ4n) is 2.73. The number of hydrogen-bond donors (Lipinski definition) is 1. The van der Waals surface area contributed by atoms with Gasteiger partial charge in [-0.1, -0.05) is 24.3 Å². The number of carbonyl (C=O) groups excluding carboxylic acids is 2. The molecular weight excluding hydrogens is 420 g/mol. The number of thiophene rings is 1. The van der Waals surface area contributed by atoms with Gasteiger partial charge in [0.2, 0.25) is 5.91 Å². The van der Waals surface area contributed by atoms with Gasteiger partial charge in [-0.05, 0) is 42.0 Å². The van der Waals surface area contributed by atoms with E-state index >= 15 is 0 Å². The highest BCUT2D eigenvalue weighted by Gasteiger charge is 2.33. The highest BCUT2D eigenvalue weighted by atomic mass is 32.1. The van der Waals surface area contributed by atoms with Crippen LogP contribution in [0.3, 0.4) is 0 Å². The minimum absolute atomic E-state index is 0.348. The van der Waals surface area contributed by atoms with Gasteiger partial charge in [0.25, 0.3) is 5.91 Å². The van der Waals surface area contributed by atoms with Crippen LogP contribution in [0.4, 0.5) is 23.2 Å². The third-order valence-corrected chi connectivity index (χ3v) is 5.30. The van der Waals surface area contributed by atoms with Crippen LogP contribution in [0.5, 0.6) is 0 Å². The molecule has 2 aromatic carbocycles. The van der Waals surface area contributed by atoms with E-state index in [0.717, 1.165) is 27.5 Å². The molecule has 0 aliphatic carbocycles. The SMILES string of the molecule is CN(CC(=O)Nc1ccccc1C(F)(F)F)C(=O)c1ccc(-c2ccc(F)cc2)s1. The molecule has 0 spiro atoms. The second kappa shape index (κ2) is 8.66. The highest BCUT2D eigenvalue weighted by molar-refractivity contribution is 7.17. The zero-order valence-electron chi connectivity index (χ0n) is 15.7. The van der Waals surface area contributed by atoms with Gasteiger partial charge in [0.05, 0.1) is 22.7 Å². The van der Waals surface area contributed by atoms with Gasteiger partial charge in [-0.15, -0.1) is 11.3 Å². The van der Waals surface area contributed by atoms with Crippen LogP contribution in [-0.4, -0.2) is 30.3 Å². The Labute approximate surface area is 173 Å². The first-order valence-corrected chi connectivity index (χ1v) is 9.54. The summed E-state index contributed by atoms with van der Waals surface area (Å²) in [6.07, 6.45) is -4.61. The molecule has 9 heteroatoms. The number of para-hydroxylation sites is 1. The van der Waals surface area contributed by atoms with E-state index in [4.69, 9.17) is 0 Å². The van der Waals surface area contributed by atoms with Crippen molar-refractivity contribution < 1.29 is 27.2 Å². The van der Waals surface area contributed by atoms with Crippen LogP contribution in [0.15, 0.2) is 60.7 Å². The molecule has 4 nitrogen and oxygen atoms in total. The summed E-state index contributed by atoms with van der Waals surface area (Å²) >= 11 is 1.17. The number of hydrogen-bond acceptors (Lipinski definition) is 3. The number of anilines is 1. The van der Waals surface area contributed by atoms with Gasteiger partial charge in [-0.25, -0.2) is 4.39 Å². The molecule has 0 aliphatic heterocycles. The average molecular weight is 436 g/mol. The Morgan fingerprint density at radius 2 is 1.67 bits per heavy atom. The normalized spacial score (nSPS) is 11.2. The van der Waals surface area contributed by atoms with E-state index in [2.05, 4.69) is 5.32 Å². The quantitative estimate of drug-likeness (QED) is 0.553. The highest BCUT2D eigenvalue weighted by Crippen LogP contribution is 2.34. The lowest BCUT2D eigenvalue weighted by Gasteiger charge is -2.17. The minimum Gasteiger partial charge on any atom is -0.332 e. The van der Waals surface area contributed by atoms with E-state index < -0.39 is 30.1 Å². The molecule has 156 valence electrons. The minimum atomic E-state index is -4.61. The summed E-state index contributed by atoms with van der Waals surface area (Å²) in [4.78, 5) is 27.0. The molecule has 1 N–H and O–H groups in total. The third kappa shape index (κ3) is 5.04. The zero-order valence-corrected chi connectivity index (χ0v) is 16.5. The summed E-state index contributed by atoms with van der Waals surface area (Å²) in [6, 6.07) is 13.7. The maximum atomic E-state index is 13.1. The molecule has 0 saturated heterocycles. The van der Waals surface area contributed by atoms with Crippen LogP contribution in [-0.2, 0) is 11.0 Å². The molecule has 0 atom stereocenters. The van der Waals surface area contributed by atoms with Crippen molar-refractivity contribution in [2.24, 2.45) is 0 Å². The first-order valence-electron chi connectivity index (χ1n) is 8.72. The number of halogens is 4. The average Bonchev–Trinajstić information content (AvgIpc) is 3.17. The van der Waals surface area contributed by atoms with Crippen LogP contribution in [0.1, 0.15) is 15.2 Å². The third-order valence-electron chi connectivity index (χ3n) is 4.18. The Morgan fingerprint density at radius 3 is 2.33 bits per heavy atom. The molecule has 1 aromatic heterocycles. The molecule has 2 amide bonds. The van der Waals surface area contributed by atoms with E-state index in [1.54, 1.807) is 24.3 Å². The van der Waals surface area contributed by atoms with Crippen molar-refractivity contribution >= 4 is 28.8 Å². The van der Waals surface area contributed by atoms with Crippen molar-refractivity contribution in [3.63, 3.8) is 0 Å². The van der Waals surface area contributed by atoms with Crippen molar-refractivity contribution in [1.29, 1.82) is 0 Å². The number of nitrogens with one attached hydrogen (secondary N) is 1. The largest absolute Gasteiger partial charge is 0.418 e. The summed E-state index contributed by atoms with van der Waals surface area (Å²) in [5.74, 6) is -1.57. The van der Waals surface area contributed by atoms with Crippen LogP contribution in [0.2, 0.25) is 0 Å². The molecule has 0 unspecified atom stereocenters. The van der Waals surface area contributed by atoms with E-state index in [0.29, 0.717) is 4.88 Å². The summed E-state index contributed by atoms with van der Waals surface area (Å²) in [5.41, 5.74) is -0.593. The second-order valence-corrected chi connectivity index (χ2v) is 7.51. The predicted molar refractivity (Wildman–Crippen MR) is 107 cm³/mol. The number of carbonyl (C=O) groups is 2. The van der Waals surface area contributed by atoms with Gasteiger partial charge in [0, 0.05) is 11.9 Å². The Bertz CT molecular complexity index is 1060. The number of nitrogens with zero attached hydrogens (tertiary/aromatic N) is 1. The van der Waals surface area contributed by atoms with Crippen LogP contribution in [0, 0.1) is 5.82 Å². The Kier molecular flexibility index (Phi) is 6.21. The summed E-state index contributed by atoms with van der Waals surface area (Å²) in [6.45, 7) is -0.422. The number of benzene rings is 2. The number of rotatable bonds is 5. The van der Waals surface area contributed by atoms with E-state index in [-0.39, 0.29) is 11.5 Å². The smallest absolute Gasteiger partial charge is 0.332 e. The molecule has 1 heterocycles. The number of alkyl halides is 3. The molecular formula is C21H16F4N2O2S. The summed E-state index contributed by atoms with van der Waals surface area (Å²) < 4.78 is 52.2. The summed E-state index contributed by atoms with van der Waals surface area (Å²) in [5, 5.41) is 2.21. The maximum absolute atomic E-state index is 13.1. The van der Waals surface area contributed by atoms with Gasteiger partial charge in [-0.3, -0.25) is 9.59 Å². The lowest BCUT2D eigenvalue weighted by Crippen LogP contribution is -2.34. The zero-order chi connectivity index (χ0) is 21.9. The Hall–Kier alpha value is -3.20. The molecule has 0 saturated carbocycles. The lowest BCUT2D eigenvalue weighted by atomic mass is 10.1. The van der Waals surface area contributed by atoms with Crippen LogP contribution in [0.25, 0.3) is 10.4 Å². The molecule has 3 aromatic rings. The van der Waals surface area contributed by atoms with E-state index in [9.17, 15) is 27.2 Å². The number of amides is 2. The lowest BCUT2D eigenvalue weighted by molar-refractivity contribution is -0.137. The maximum Gasteiger partial charge on any atom is 0.418 e. The van der Waals surface area contributed by atoms with Gasteiger partial charge in [0.15, 0.2) is 0 Å². The topological polar surface area (TPSA) is 49.4 Å². The second-order valence-electron chi connectivity index (χ2n) is 6.42. The van der Waals surface area contributed by atoms with Gasteiger partial charge in [-0.2, -0.15) is 13.2 Å². The van der Waals surface area contributed by atoms with Crippen molar-refractivity contribution in [2.45, 2.75) is 6.18 Å². The van der Waals surface area contributed by atoms with Crippen molar-refractivity contribution in [1.82, 2.24) is 4.90 Å². The first kappa shape index (κ1) is 21.5. The first-order chi connectivity index (χ1) is 14.1. The monoisotopic (exact) mass is 436 g/mol. The number of likely N-dealkylation sites (N-methyl/N-ethyl adjacent to an activating group) is 1. The van der Waals surface area contributed by atoms with Gasteiger partial charge in [0.1, 0.15) is 5.82 Å². The molecule has 0 radical (unpaired) electrons. The van der Waals surface area contributed by atoms with E-state index in [1.807, 2.05) is 0 Å². The molecule has 0 fully saturated rings. The van der Waals surface area contributed by atoms with Gasteiger partial charge < -0.3 is 10.2 Å². The van der Waals surface area contributed by atoms with Crippen LogP contribution < -0.4 is 5.32 Å². The van der Waals surface area contributed by atoms with Gasteiger partial charge >= 0.3 is 6.18 Å². The Morgan fingerprint density at radius 1 is 1.00 bits per heavy atom. The van der Waals surface area contributed by atoms with Crippen LogP contribution >= 0.6 is 11.3 Å². The standard InChI is InChI=1S/C21H16F4N2O2S/c1-27(12-19(28)26-16-5-3-2-4-15(16)21(23,24)25)20(29)18-11-10-17(30-18)13-6-8-14(22)9-7-13/h2-11H,12H2,1H3,(H,26,28).